The molecule has 4 N–H and O–H groups in total. The van der Waals surface area contributed by atoms with E-state index < -0.39 is 11.5 Å². The average molecular weight is 620 g/mol. The van der Waals surface area contributed by atoms with Crippen LogP contribution in [0.5, 0.6) is 5.75 Å². The van der Waals surface area contributed by atoms with E-state index in [1.54, 1.807) is 7.11 Å². The monoisotopic (exact) mass is 619 g/mol. The van der Waals surface area contributed by atoms with Crippen LogP contribution in [0.1, 0.15) is 91.9 Å². The lowest BCUT2D eigenvalue weighted by atomic mass is 9.47. The summed E-state index contributed by atoms with van der Waals surface area (Å²) in [5.41, 5.74) is 2.30. The number of hydrogen-bond acceptors (Lipinski definition) is 7. The van der Waals surface area contributed by atoms with E-state index in [4.69, 9.17) is 9.72 Å². The number of ether oxygens (including phenoxy) is 1. The molecule has 5 rings (SSSR count). The third kappa shape index (κ3) is 6.02. The maximum absolute atomic E-state index is 13.5. The SMILES string of the molecule is COc1ccccc1CNC(=O)CC1c2nc(NC(=O)c3ccc(C(C)(C)C)cc3)sc2CC2C(C)(CO)C(O)CCC12C. The summed E-state index contributed by atoms with van der Waals surface area (Å²) in [5.74, 6) is 0.0511. The van der Waals surface area contributed by atoms with E-state index in [1.165, 1.54) is 11.3 Å². The van der Waals surface area contributed by atoms with Gasteiger partial charge in [-0.3, -0.25) is 14.9 Å². The summed E-state index contributed by atoms with van der Waals surface area (Å²) in [4.78, 5) is 32.7. The third-order valence-corrected chi connectivity index (χ3v) is 11.2. The highest BCUT2D eigenvalue weighted by molar-refractivity contribution is 7.15. The van der Waals surface area contributed by atoms with Crippen LogP contribution in [0.15, 0.2) is 48.5 Å². The molecule has 0 radical (unpaired) electrons. The van der Waals surface area contributed by atoms with Gasteiger partial charge >= 0.3 is 0 Å². The van der Waals surface area contributed by atoms with Crippen molar-refractivity contribution in [2.24, 2.45) is 16.7 Å². The van der Waals surface area contributed by atoms with Crippen molar-refractivity contribution in [3.63, 3.8) is 0 Å². The Labute approximate surface area is 264 Å². The highest BCUT2D eigenvalue weighted by atomic mass is 32.1. The number of aliphatic hydroxyl groups is 2. The van der Waals surface area contributed by atoms with Crippen LogP contribution in [0, 0.1) is 16.7 Å². The zero-order valence-electron chi connectivity index (χ0n) is 26.6. The van der Waals surface area contributed by atoms with Gasteiger partial charge in [0.05, 0.1) is 25.5 Å². The van der Waals surface area contributed by atoms with E-state index in [9.17, 15) is 19.8 Å². The van der Waals surface area contributed by atoms with Crippen molar-refractivity contribution < 1.29 is 24.5 Å². The fourth-order valence-electron chi connectivity index (χ4n) is 7.29. The standard InChI is InChI=1S/C35H45N3O5S/c1-33(2,3)23-13-11-21(12-14-23)31(42)38-32-37-30-24(17-29(41)36-19-22-9-7-8-10-25(22)43-6)34(4)16-15-28(40)35(5,20-39)27(34)18-26(30)44-32/h7-14,24,27-28,39-40H,15-20H2,1-6H3,(H,36,41)(H,37,38,42). The van der Waals surface area contributed by atoms with Gasteiger partial charge in [0.25, 0.3) is 5.91 Å². The van der Waals surface area contributed by atoms with Crippen molar-refractivity contribution in [2.75, 3.05) is 19.0 Å². The molecular formula is C35H45N3O5S. The van der Waals surface area contributed by atoms with Crippen LogP contribution in [0.2, 0.25) is 0 Å². The maximum Gasteiger partial charge on any atom is 0.257 e. The van der Waals surface area contributed by atoms with Gasteiger partial charge in [0.15, 0.2) is 5.13 Å². The summed E-state index contributed by atoms with van der Waals surface area (Å²) < 4.78 is 5.45. The fourth-order valence-corrected chi connectivity index (χ4v) is 8.35. The molecule has 2 amide bonds. The van der Waals surface area contributed by atoms with Gasteiger partial charge in [-0.1, -0.05) is 65.0 Å². The van der Waals surface area contributed by atoms with E-state index in [0.29, 0.717) is 42.3 Å². The quantitative estimate of drug-likeness (QED) is 0.252. The Morgan fingerprint density at radius 3 is 2.48 bits per heavy atom. The number of rotatable bonds is 8. The lowest BCUT2D eigenvalue weighted by Crippen LogP contribution is -2.57. The third-order valence-electron chi connectivity index (χ3n) is 10.2. The molecule has 0 saturated heterocycles. The van der Waals surface area contributed by atoms with Gasteiger partial charge in [0.1, 0.15) is 5.75 Å². The first-order chi connectivity index (χ1) is 20.8. The zero-order valence-corrected chi connectivity index (χ0v) is 27.4. The molecule has 1 heterocycles. The number of amides is 2. The number of thiazole rings is 1. The molecule has 0 spiro atoms. The lowest BCUT2D eigenvalue weighted by molar-refractivity contribution is -0.144. The van der Waals surface area contributed by atoms with Crippen molar-refractivity contribution in [1.82, 2.24) is 10.3 Å². The van der Waals surface area contributed by atoms with Crippen LogP contribution in [0.25, 0.3) is 0 Å². The molecule has 9 heteroatoms. The molecule has 1 saturated carbocycles. The predicted octanol–water partition coefficient (Wildman–Crippen LogP) is 5.82. The van der Waals surface area contributed by atoms with Crippen LogP contribution in [0.3, 0.4) is 0 Å². The number of benzene rings is 2. The molecule has 2 aliphatic rings. The summed E-state index contributed by atoms with van der Waals surface area (Å²) >= 11 is 1.42. The second-order valence-corrected chi connectivity index (χ2v) is 15.0. The number of carbonyl (C=O) groups is 2. The Bertz CT molecular complexity index is 1510. The van der Waals surface area contributed by atoms with E-state index in [2.05, 4.69) is 38.3 Å². The van der Waals surface area contributed by atoms with Gasteiger partial charge < -0.3 is 20.3 Å². The first-order valence-electron chi connectivity index (χ1n) is 15.4. The topological polar surface area (TPSA) is 121 Å². The summed E-state index contributed by atoms with van der Waals surface area (Å²) in [5, 5.41) is 28.2. The normalized spacial score (nSPS) is 26.3. The fraction of sp³-hybridized carbons (Fsp3) is 0.514. The molecule has 2 aliphatic carbocycles. The summed E-state index contributed by atoms with van der Waals surface area (Å²) in [6.07, 6.45) is 1.43. The van der Waals surface area contributed by atoms with Crippen LogP contribution in [-0.4, -0.2) is 46.8 Å². The number of carbonyl (C=O) groups excluding carboxylic acids is 2. The number of nitrogens with one attached hydrogen (secondary N) is 2. The number of para-hydroxylation sites is 1. The van der Waals surface area contributed by atoms with E-state index in [0.717, 1.165) is 21.7 Å². The molecular weight excluding hydrogens is 574 g/mol. The summed E-state index contributed by atoms with van der Waals surface area (Å²) in [7, 11) is 1.61. The first-order valence-corrected chi connectivity index (χ1v) is 16.2. The summed E-state index contributed by atoms with van der Waals surface area (Å²) in [6, 6.07) is 15.2. The molecule has 236 valence electrons. The number of aromatic nitrogens is 1. The van der Waals surface area contributed by atoms with E-state index >= 15 is 0 Å². The van der Waals surface area contributed by atoms with Crippen molar-refractivity contribution in [1.29, 1.82) is 0 Å². The van der Waals surface area contributed by atoms with E-state index in [1.807, 2.05) is 55.5 Å². The molecule has 0 aliphatic heterocycles. The second kappa shape index (κ2) is 12.3. The van der Waals surface area contributed by atoms with Gasteiger partial charge in [-0.25, -0.2) is 4.98 Å². The molecule has 8 nitrogen and oxygen atoms in total. The smallest absolute Gasteiger partial charge is 0.257 e. The summed E-state index contributed by atoms with van der Waals surface area (Å²) in [6.45, 7) is 10.7. The Morgan fingerprint density at radius 2 is 1.82 bits per heavy atom. The molecule has 0 bridgehead atoms. The van der Waals surface area contributed by atoms with E-state index in [-0.39, 0.29) is 47.5 Å². The Hall–Kier alpha value is -3.27. The minimum absolute atomic E-state index is 0.0125. The number of fused-ring (bicyclic) bond motifs is 2. The lowest BCUT2D eigenvalue weighted by Gasteiger charge is -2.58. The first kappa shape index (κ1) is 32.1. The highest BCUT2D eigenvalue weighted by Gasteiger charge is 2.59. The molecule has 3 aromatic rings. The van der Waals surface area contributed by atoms with Crippen LogP contribution < -0.4 is 15.4 Å². The number of nitrogens with zero attached hydrogens (tertiary/aromatic N) is 1. The molecule has 2 aromatic carbocycles. The minimum Gasteiger partial charge on any atom is -0.496 e. The predicted molar refractivity (Wildman–Crippen MR) is 173 cm³/mol. The Balaban J connectivity index is 1.43. The highest BCUT2D eigenvalue weighted by Crippen LogP contribution is 2.62. The van der Waals surface area contributed by atoms with Crippen molar-refractivity contribution in [3.8, 4) is 5.75 Å². The van der Waals surface area contributed by atoms with Gasteiger partial charge in [-0.05, 0) is 59.8 Å². The van der Waals surface area contributed by atoms with Gasteiger partial charge in [-0.2, -0.15) is 0 Å². The number of anilines is 1. The average Bonchev–Trinajstić information content (AvgIpc) is 3.40. The molecule has 1 fully saturated rings. The molecule has 1 aromatic heterocycles. The number of methoxy groups -OCH3 is 1. The van der Waals surface area contributed by atoms with Crippen LogP contribution >= 0.6 is 11.3 Å². The molecule has 5 atom stereocenters. The molecule has 44 heavy (non-hydrogen) atoms. The van der Waals surface area contributed by atoms with Crippen molar-refractivity contribution >= 4 is 28.3 Å². The van der Waals surface area contributed by atoms with Crippen LogP contribution in [0.4, 0.5) is 5.13 Å². The van der Waals surface area contributed by atoms with Crippen LogP contribution in [-0.2, 0) is 23.2 Å². The molecule has 5 unspecified atom stereocenters. The van der Waals surface area contributed by atoms with Gasteiger partial charge in [0, 0.05) is 40.3 Å². The Morgan fingerprint density at radius 1 is 1.11 bits per heavy atom. The van der Waals surface area contributed by atoms with Crippen molar-refractivity contribution in [2.45, 2.75) is 84.3 Å². The van der Waals surface area contributed by atoms with Gasteiger partial charge in [0.2, 0.25) is 5.91 Å². The maximum atomic E-state index is 13.5. The number of hydrogen-bond donors (Lipinski definition) is 4. The number of aliphatic hydroxyl groups excluding tert-OH is 2. The largest absolute Gasteiger partial charge is 0.496 e. The van der Waals surface area contributed by atoms with Crippen molar-refractivity contribution in [3.05, 3.63) is 75.8 Å². The van der Waals surface area contributed by atoms with Gasteiger partial charge in [-0.15, -0.1) is 11.3 Å². The minimum atomic E-state index is -0.723. The second-order valence-electron chi connectivity index (χ2n) is 13.9. The Kier molecular flexibility index (Phi) is 8.95. The zero-order chi connectivity index (χ0) is 31.9.